The molecule has 0 aliphatic carbocycles. The van der Waals surface area contributed by atoms with Crippen LogP contribution in [-0.2, 0) is 0 Å². The number of nitrogens with zero attached hydrogens (tertiary/aromatic N) is 1. The zero-order valence-corrected chi connectivity index (χ0v) is 9.12. The summed E-state index contributed by atoms with van der Waals surface area (Å²) in [5.41, 5.74) is 11.2. The highest BCUT2D eigenvalue weighted by atomic mass is 16.2. The van der Waals surface area contributed by atoms with Gasteiger partial charge in [-0.15, -0.1) is 0 Å². The molecular formula is C10H21N3O. The van der Waals surface area contributed by atoms with Crippen molar-refractivity contribution < 1.29 is 4.79 Å². The molecule has 1 aliphatic rings. The maximum Gasteiger partial charge on any atom is 0.314 e. The van der Waals surface area contributed by atoms with Crippen molar-refractivity contribution in [2.75, 3.05) is 13.1 Å². The first-order chi connectivity index (χ1) is 6.41. The van der Waals surface area contributed by atoms with Crippen molar-refractivity contribution >= 4 is 6.03 Å². The van der Waals surface area contributed by atoms with Crippen LogP contribution in [0.4, 0.5) is 4.79 Å². The molecule has 4 N–H and O–H groups in total. The fraction of sp³-hybridized carbons (Fsp3) is 0.900. The summed E-state index contributed by atoms with van der Waals surface area (Å²) in [6.45, 7) is 5.64. The van der Waals surface area contributed by atoms with Crippen LogP contribution in [0.2, 0.25) is 0 Å². The van der Waals surface area contributed by atoms with E-state index in [4.69, 9.17) is 11.5 Å². The maximum atomic E-state index is 11.0. The highest BCUT2D eigenvalue weighted by Crippen LogP contribution is 2.25. The summed E-state index contributed by atoms with van der Waals surface area (Å²) in [5.74, 6) is 0.492. The van der Waals surface area contributed by atoms with E-state index < -0.39 is 0 Å². The molecule has 2 amide bonds. The van der Waals surface area contributed by atoms with E-state index in [1.807, 2.05) is 0 Å². The number of amides is 2. The molecule has 1 saturated heterocycles. The molecule has 4 heteroatoms. The van der Waals surface area contributed by atoms with Crippen LogP contribution in [0.3, 0.4) is 0 Å². The molecule has 0 radical (unpaired) electrons. The summed E-state index contributed by atoms with van der Waals surface area (Å²) in [4.78, 5) is 12.7. The molecule has 82 valence electrons. The summed E-state index contributed by atoms with van der Waals surface area (Å²) in [5, 5.41) is 0. The lowest BCUT2D eigenvalue weighted by atomic mass is 9.83. The highest BCUT2D eigenvalue weighted by molar-refractivity contribution is 5.71. The average Bonchev–Trinajstić information content (AvgIpc) is 2.26. The molecule has 4 nitrogen and oxygen atoms in total. The average molecular weight is 199 g/mol. The summed E-state index contributed by atoms with van der Waals surface area (Å²) >= 11 is 0. The van der Waals surface area contributed by atoms with Gasteiger partial charge >= 0.3 is 6.03 Å². The Morgan fingerprint density at radius 1 is 1.36 bits per heavy atom. The van der Waals surface area contributed by atoms with Crippen molar-refractivity contribution in [3.63, 3.8) is 0 Å². The minimum Gasteiger partial charge on any atom is -0.351 e. The summed E-state index contributed by atoms with van der Waals surface area (Å²) < 4.78 is 0. The minimum atomic E-state index is -0.305. The second kappa shape index (κ2) is 4.17. The molecule has 1 rings (SSSR count). The van der Waals surface area contributed by atoms with E-state index in [2.05, 4.69) is 13.8 Å². The number of urea groups is 1. The van der Waals surface area contributed by atoms with Gasteiger partial charge in [0.2, 0.25) is 0 Å². The van der Waals surface area contributed by atoms with Gasteiger partial charge in [0.1, 0.15) is 0 Å². The van der Waals surface area contributed by atoms with Gasteiger partial charge in [0, 0.05) is 18.6 Å². The first kappa shape index (κ1) is 11.3. The lowest BCUT2D eigenvalue weighted by molar-refractivity contribution is 0.207. The van der Waals surface area contributed by atoms with Gasteiger partial charge in [-0.2, -0.15) is 0 Å². The molecule has 14 heavy (non-hydrogen) atoms. The van der Waals surface area contributed by atoms with Gasteiger partial charge in [0.15, 0.2) is 0 Å². The molecule has 1 atom stereocenters. The Kier molecular flexibility index (Phi) is 3.37. The van der Waals surface area contributed by atoms with Crippen molar-refractivity contribution in [3.05, 3.63) is 0 Å². The number of primary amides is 1. The van der Waals surface area contributed by atoms with Crippen molar-refractivity contribution in [3.8, 4) is 0 Å². The van der Waals surface area contributed by atoms with Crippen LogP contribution < -0.4 is 11.5 Å². The fourth-order valence-electron chi connectivity index (χ4n) is 2.06. The van der Waals surface area contributed by atoms with Crippen LogP contribution in [-0.4, -0.2) is 29.6 Å². The van der Waals surface area contributed by atoms with Crippen LogP contribution in [0.5, 0.6) is 0 Å². The minimum absolute atomic E-state index is 0.145. The van der Waals surface area contributed by atoms with Crippen molar-refractivity contribution in [2.45, 2.75) is 38.6 Å². The Labute approximate surface area is 85.6 Å². The zero-order chi connectivity index (χ0) is 10.8. The lowest BCUT2D eigenvalue weighted by Gasteiger charge is -2.29. The number of likely N-dealkylation sites (tertiary alicyclic amines) is 1. The van der Waals surface area contributed by atoms with E-state index in [9.17, 15) is 4.79 Å². The van der Waals surface area contributed by atoms with Crippen LogP contribution in [0.25, 0.3) is 0 Å². The molecular weight excluding hydrogens is 178 g/mol. The van der Waals surface area contributed by atoms with E-state index in [1.165, 1.54) is 0 Å². The molecule has 0 bridgehead atoms. The predicted octanol–water partition coefficient (Wildman–Crippen LogP) is 0.904. The predicted molar refractivity (Wildman–Crippen MR) is 56.8 cm³/mol. The number of rotatable bonds is 1. The smallest absolute Gasteiger partial charge is 0.314 e. The van der Waals surface area contributed by atoms with E-state index in [1.54, 1.807) is 4.90 Å². The molecule has 1 aliphatic heterocycles. The molecule has 0 spiro atoms. The van der Waals surface area contributed by atoms with Gasteiger partial charge in [-0.3, -0.25) is 0 Å². The summed E-state index contributed by atoms with van der Waals surface area (Å²) in [7, 11) is 0. The Bertz CT molecular complexity index is 210. The number of carbonyl (C=O) groups excluding carboxylic acids is 1. The van der Waals surface area contributed by atoms with Gasteiger partial charge in [-0.1, -0.05) is 0 Å². The summed E-state index contributed by atoms with van der Waals surface area (Å²) in [6.07, 6.45) is 3.06. The van der Waals surface area contributed by atoms with E-state index in [-0.39, 0.29) is 11.6 Å². The van der Waals surface area contributed by atoms with Gasteiger partial charge in [-0.25, -0.2) is 4.79 Å². The topological polar surface area (TPSA) is 72.3 Å². The molecule has 1 heterocycles. The molecule has 0 saturated carbocycles. The van der Waals surface area contributed by atoms with Crippen molar-refractivity contribution in [1.29, 1.82) is 0 Å². The monoisotopic (exact) mass is 199 g/mol. The molecule has 0 aromatic rings. The Morgan fingerprint density at radius 3 is 2.50 bits per heavy atom. The zero-order valence-electron chi connectivity index (χ0n) is 9.12. The van der Waals surface area contributed by atoms with Crippen LogP contribution in [0.1, 0.15) is 33.1 Å². The van der Waals surface area contributed by atoms with Gasteiger partial charge in [0.25, 0.3) is 0 Å². The largest absolute Gasteiger partial charge is 0.351 e. The van der Waals surface area contributed by atoms with E-state index in [0.29, 0.717) is 5.92 Å². The molecule has 1 unspecified atom stereocenters. The number of nitrogens with two attached hydrogens (primary N) is 2. The van der Waals surface area contributed by atoms with Gasteiger partial charge in [0.05, 0.1) is 0 Å². The Morgan fingerprint density at radius 2 is 2.00 bits per heavy atom. The van der Waals surface area contributed by atoms with Crippen LogP contribution in [0, 0.1) is 5.92 Å². The number of carbonyl (C=O) groups is 1. The van der Waals surface area contributed by atoms with E-state index in [0.717, 1.165) is 32.4 Å². The Balaban J connectivity index is 2.53. The second-order valence-electron chi connectivity index (χ2n) is 4.77. The third-order valence-corrected chi connectivity index (χ3v) is 3.09. The lowest BCUT2D eigenvalue weighted by Crippen LogP contribution is -2.42. The third kappa shape index (κ3) is 2.87. The normalized spacial score (nSPS) is 24.5. The molecule has 1 fully saturated rings. The van der Waals surface area contributed by atoms with Crippen molar-refractivity contribution in [2.24, 2.45) is 17.4 Å². The van der Waals surface area contributed by atoms with Gasteiger partial charge in [-0.05, 0) is 39.0 Å². The fourth-order valence-corrected chi connectivity index (χ4v) is 2.06. The highest BCUT2D eigenvalue weighted by Gasteiger charge is 2.28. The van der Waals surface area contributed by atoms with E-state index >= 15 is 0 Å². The standard InChI is InChI=1S/C10H21N3O/c1-10(2,12)8-4-3-6-13(7-5-8)9(11)14/h8H,3-7,12H2,1-2H3,(H2,11,14). The summed E-state index contributed by atoms with van der Waals surface area (Å²) in [6, 6.07) is -0.305. The second-order valence-corrected chi connectivity index (χ2v) is 4.77. The number of hydrogen-bond donors (Lipinski definition) is 2. The Hall–Kier alpha value is -0.770. The number of hydrogen-bond acceptors (Lipinski definition) is 2. The first-order valence-electron chi connectivity index (χ1n) is 5.24. The third-order valence-electron chi connectivity index (χ3n) is 3.09. The molecule has 0 aromatic heterocycles. The van der Waals surface area contributed by atoms with Gasteiger partial charge < -0.3 is 16.4 Å². The van der Waals surface area contributed by atoms with Crippen molar-refractivity contribution in [1.82, 2.24) is 4.90 Å². The molecule has 0 aromatic carbocycles. The quantitative estimate of drug-likeness (QED) is 0.658. The van der Waals surface area contributed by atoms with Crippen LogP contribution >= 0.6 is 0 Å². The first-order valence-corrected chi connectivity index (χ1v) is 5.24. The SMILES string of the molecule is CC(C)(N)C1CCCN(C(N)=O)CC1. The maximum absolute atomic E-state index is 11.0. The van der Waals surface area contributed by atoms with Crippen LogP contribution in [0.15, 0.2) is 0 Å².